The third-order valence-corrected chi connectivity index (χ3v) is 2.46. The molecule has 0 bridgehead atoms. The lowest BCUT2D eigenvalue weighted by atomic mass is 9.91. The first-order valence-corrected chi connectivity index (χ1v) is 4.38. The Morgan fingerprint density at radius 3 is 2.92 bits per heavy atom. The summed E-state index contributed by atoms with van der Waals surface area (Å²) in [5, 5.41) is 11.8. The fraction of sp³-hybridized carbons (Fsp3) is 0.778. The van der Waals surface area contributed by atoms with Crippen LogP contribution >= 0.6 is 0 Å². The Labute approximate surface area is 73.5 Å². The van der Waals surface area contributed by atoms with Crippen molar-refractivity contribution in [3.05, 3.63) is 0 Å². The highest BCUT2D eigenvalue weighted by atomic mass is 15.1. The SMILES string of the molecule is CCC1(CCC#N)CN=C(C)N1. The summed E-state index contributed by atoms with van der Waals surface area (Å²) in [5.41, 5.74) is 0.0831. The molecule has 66 valence electrons. The number of amidine groups is 1. The molecule has 0 fully saturated rings. The lowest BCUT2D eigenvalue weighted by Crippen LogP contribution is -2.44. The zero-order valence-corrected chi connectivity index (χ0v) is 7.72. The molecule has 0 saturated heterocycles. The van der Waals surface area contributed by atoms with Gasteiger partial charge in [0.15, 0.2) is 0 Å². The van der Waals surface area contributed by atoms with Crippen molar-refractivity contribution in [1.29, 1.82) is 5.26 Å². The molecular formula is C9H15N3. The van der Waals surface area contributed by atoms with E-state index < -0.39 is 0 Å². The molecule has 1 aliphatic heterocycles. The first-order valence-electron chi connectivity index (χ1n) is 4.38. The highest BCUT2D eigenvalue weighted by molar-refractivity contribution is 5.82. The van der Waals surface area contributed by atoms with E-state index in [1.165, 1.54) is 0 Å². The van der Waals surface area contributed by atoms with Gasteiger partial charge in [-0.25, -0.2) is 0 Å². The summed E-state index contributed by atoms with van der Waals surface area (Å²) in [4.78, 5) is 4.31. The van der Waals surface area contributed by atoms with Crippen LogP contribution in [0.2, 0.25) is 0 Å². The van der Waals surface area contributed by atoms with Crippen molar-refractivity contribution in [3.63, 3.8) is 0 Å². The third-order valence-electron chi connectivity index (χ3n) is 2.46. The number of hydrogen-bond acceptors (Lipinski definition) is 3. The Balaban J connectivity index is 2.51. The van der Waals surface area contributed by atoms with Crippen molar-refractivity contribution in [3.8, 4) is 6.07 Å². The summed E-state index contributed by atoms with van der Waals surface area (Å²) in [7, 11) is 0. The molecule has 0 aromatic rings. The maximum atomic E-state index is 8.49. The van der Waals surface area contributed by atoms with Crippen LogP contribution in [0.5, 0.6) is 0 Å². The second kappa shape index (κ2) is 3.57. The predicted octanol–water partition coefficient (Wildman–Crippen LogP) is 1.46. The number of aliphatic imine (C=N–C) groups is 1. The Kier molecular flexibility index (Phi) is 2.69. The average molecular weight is 165 g/mol. The van der Waals surface area contributed by atoms with Crippen molar-refractivity contribution in [2.45, 2.75) is 38.6 Å². The van der Waals surface area contributed by atoms with Gasteiger partial charge in [0.1, 0.15) is 0 Å². The van der Waals surface area contributed by atoms with Gasteiger partial charge in [-0.05, 0) is 19.8 Å². The van der Waals surface area contributed by atoms with E-state index in [9.17, 15) is 0 Å². The highest BCUT2D eigenvalue weighted by Crippen LogP contribution is 2.21. The molecule has 0 aromatic carbocycles. The summed E-state index contributed by atoms with van der Waals surface area (Å²) >= 11 is 0. The molecule has 0 aromatic heterocycles. The van der Waals surface area contributed by atoms with E-state index in [4.69, 9.17) is 5.26 Å². The van der Waals surface area contributed by atoms with Crippen molar-refractivity contribution in [2.24, 2.45) is 4.99 Å². The molecule has 0 amide bonds. The van der Waals surface area contributed by atoms with Crippen LogP contribution < -0.4 is 5.32 Å². The van der Waals surface area contributed by atoms with Gasteiger partial charge in [-0.2, -0.15) is 5.26 Å². The third kappa shape index (κ3) is 1.76. The van der Waals surface area contributed by atoms with Crippen LogP contribution in [0.4, 0.5) is 0 Å². The molecule has 0 spiro atoms. The lowest BCUT2D eigenvalue weighted by Gasteiger charge is -2.26. The topological polar surface area (TPSA) is 48.2 Å². The summed E-state index contributed by atoms with van der Waals surface area (Å²) in [6.07, 6.45) is 2.56. The summed E-state index contributed by atoms with van der Waals surface area (Å²) in [6, 6.07) is 2.18. The van der Waals surface area contributed by atoms with Crippen molar-refractivity contribution >= 4 is 5.84 Å². The summed E-state index contributed by atoms with van der Waals surface area (Å²) in [5.74, 6) is 1.01. The van der Waals surface area contributed by atoms with Gasteiger partial charge in [0.25, 0.3) is 0 Å². The minimum atomic E-state index is 0.0831. The number of hydrogen-bond donors (Lipinski definition) is 1. The second-order valence-electron chi connectivity index (χ2n) is 3.32. The Morgan fingerprint density at radius 2 is 2.50 bits per heavy atom. The van der Waals surface area contributed by atoms with Crippen LogP contribution in [0.15, 0.2) is 4.99 Å². The van der Waals surface area contributed by atoms with E-state index in [-0.39, 0.29) is 5.54 Å². The monoisotopic (exact) mass is 165 g/mol. The lowest BCUT2D eigenvalue weighted by molar-refractivity contribution is 0.373. The van der Waals surface area contributed by atoms with Gasteiger partial charge in [-0.3, -0.25) is 4.99 Å². The Hall–Kier alpha value is -1.04. The molecule has 1 rings (SSSR count). The molecule has 1 unspecified atom stereocenters. The molecule has 0 radical (unpaired) electrons. The average Bonchev–Trinajstić information content (AvgIpc) is 2.45. The van der Waals surface area contributed by atoms with Gasteiger partial charge in [0.2, 0.25) is 0 Å². The Bertz CT molecular complexity index is 226. The minimum Gasteiger partial charge on any atom is -0.367 e. The van der Waals surface area contributed by atoms with E-state index in [0.29, 0.717) is 6.42 Å². The first kappa shape index (κ1) is 9.05. The quantitative estimate of drug-likeness (QED) is 0.688. The van der Waals surface area contributed by atoms with Gasteiger partial charge in [0, 0.05) is 6.42 Å². The predicted molar refractivity (Wildman–Crippen MR) is 49.0 cm³/mol. The maximum Gasteiger partial charge on any atom is 0.0937 e. The van der Waals surface area contributed by atoms with Crippen LogP contribution in [-0.4, -0.2) is 17.9 Å². The standard InChI is InChI=1S/C9H15N3/c1-3-9(5-4-6-10)7-11-8(2)12-9/h3-5,7H2,1-2H3,(H,11,12). The molecule has 0 aliphatic carbocycles. The molecule has 1 aliphatic rings. The van der Waals surface area contributed by atoms with E-state index in [0.717, 1.165) is 25.2 Å². The molecule has 1 atom stereocenters. The van der Waals surface area contributed by atoms with E-state index >= 15 is 0 Å². The van der Waals surface area contributed by atoms with Gasteiger partial charge in [-0.1, -0.05) is 6.92 Å². The number of nitrogens with zero attached hydrogens (tertiary/aromatic N) is 2. The Morgan fingerprint density at radius 1 is 1.75 bits per heavy atom. The molecule has 1 heterocycles. The maximum absolute atomic E-state index is 8.49. The van der Waals surface area contributed by atoms with Crippen molar-refractivity contribution < 1.29 is 0 Å². The van der Waals surface area contributed by atoms with E-state index in [2.05, 4.69) is 23.3 Å². The molecule has 3 heteroatoms. The zero-order valence-electron chi connectivity index (χ0n) is 7.72. The summed E-state index contributed by atoms with van der Waals surface area (Å²) in [6.45, 7) is 4.94. The molecule has 12 heavy (non-hydrogen) atoms. The van der Waals surface area contributed by atoms with Crippen LogP contribution in [0.3, 0.4) is 0 Å². The van der Waals surface area contributed by atoms with Crippen molar-refractivity contribution in [2.75, 3.05) is 6.54 Å². The smallest absolute Gasteiger partial charge is 0.0937 e. The molecule has 0 saturated carbocycles. The van der Waals surface area contributed by atoms with Gasteiger partial charge < -0.3 is 5.32 Å². The number of nitrogens with one attached hydrogen (secondary N) is 1. The number of nitriles is 1. The van der Waals surface area contributed by atoms with Gasteiger partial charge >= 0.3 is 0 Å². The molecular weight excluding hydrogens is 150 g/mol. The molecule has 1 N–H and O–H groups in total. The van der Waals surface area contributed by atoms with Crippen LogP contribution in [0.1, 0.15) is 33.1 Å². The summed E-state index contributed by atoms with van der Waals surface area (Å²) < 4.78 is 0. The van der Waals surface area contributed by atoms with Gasteiger partial charge in [-0.15, -0.1) is 0 Å². The fourth-order valence-electron chi connectivity index (χ4n) is 1.55. The number of rotatable bonds is 3. The van der Waals surface area contributed by atoms with Gasteiger partial charge in [0.05, 0.1) is 24.0 Å². The van der Waals surface area contributed by atoms with Crippen molar-refractivity contribution in [1.82, 2.24) is 5.32 Å². The van der Waals surface area contributed by atoms with Crippen LogP contribution in [0.25, 0.3) is 0 Å². The first-order chi connectivity index (χ1) is 5.72. The minimum absolute atomic E-state index is 0.0831. The highest BCUT2D eigenvalue weighted by Gasteiger charge is 2.31. The largest absolute Gasteiger partial charge is 0.367 e. The van der Waals surface area contributed by atoms with E-state index in [1.54, 1.807) is 0 Å². The zero-order chi connectivity index (χ0) is 9.03. The fourth-order valence-corrected chi connectivity index (χ4v) is 1.55. The normalized spacial score (nSPS) is 27.6. The van der Waals surface area contributed by atoms with Crippen LogP contribution in [-0.2, 0) is 0 Å². The van der Waals surface area contributed by atoms with Crippen LogP contribution in [0, 0.1) is 11.3 Å². The second-order valence-corrected chi connectivity index (χ2v) is 3.32. The van der Waals surface area contributed by atoms with E-state index in [1.807, 2.05) is 6.92 Å². The molecule has 3 nitrogen and oxygen atoms in total.